The number of carbonyl (C=O) groups excluding carboxylic acids is 2. The van der Waals surface area contributed by atoms with Gasteiger partial charge in [0.05, 0.1) is 0 Å². The number of para-hydroxylation sites is 1. The molecule has 27 heavy (non-hydrogen) atoms. The summed E-state index contributed by atoms with van der Waals surface area (Å²) in [6, 6.07) is 9.67. The molecule has 0 saturated carbocycles. The van der Waals surface area contributed by atoms with Gasteiger partial charge in [-0.3, -0.25) is 9.59 Å². The number of carbonyl (C=O) groups is 2. The maximum Gasteiger partial charge on any atom is 0.267 e. The number of hydrogen-bond acceptors (Lipinski definition) is 4. The molecule has 3 aromatic rings. The molecule has 8 nitrogen and oxygen atoms in total. The molecule has 8 heteroatoms. The smallest absolute Gasteiger partial charge is 0.267 e. The van der Waals surface area contributed by atoms with Gasteiger partial charge in [-0.2, -0.15) is 5.10 Å². The second-order valence-electron chi connectivity index (χ2n) is 6.92. The molecule has 1 saturated heterocycles. The second-order valence-corrected chi connectivity index (χ2v) is 6.92. The van der Waals surface area contributed by atoms with Gasteiger partial charge < -0.3 is 15.2 Å². The van der Waals surface area contributed by atoms with Crippen LogP contribution in [0.3, 0.4) is 0 Å². The number of H-pyrrole nitrogens is 1. The van der Waals surface area contributed by atoms with Crippen LogP contribution in [0.4, 0.5) is 0 Å². The number of nitrogens with zero attached hydrogens (tertiary/aromatic N) is 4. The van der Waals surface area contributed by atoms with Crippen LogP contribution in [-0.4, -0.2) is 56.1 Å². The van der Waals surface area contributed by atoms with E-state index in [2.05, 4.69) is 20.4 Å². The van der Waals surface area contributed by atoms with E-state index in [1.54, 1.807) is 6.33 Å². The predicted octanol–water partition coefficient (Wildman–Crippen LogP) is 1.43. The third kappa shape index (κ3) is 3.99. The van der Waals surface area contributed by atoms with Crippen LogP contribution in [0.5, 0.6) is 0 Å². The number of piperidine rings is 1. The van der Waals surface area contributed by atoms with E-state index in [1.165, 1.54) is 11.0 Å². The van der Waals surface area contributed by atoms with E-state index in [0.29, 0.717) is 18.8 Å². The van der Waals surface area contributed by atoms with Crippen molar-refractivity contribution in [3.8, 4) is 0 Å². The van der Waals surface area contributed by atoms with Crippen molar-refractivity contribution in [2.24, 2.45) is 5.92 Å². The molecule has 0 aliphatic carbocycles. The topological polar surface area (TPSA) is 95.9 Å². The molecule has 4 rings (SSSR count). The summed E-state index contributed by atoms with van der Waals surface area (Å²) in [5, 5.41) is 8.00. The third-order valence-electron chi connectivity index (χ3n) is 4.96. The largest absolute Gasteiger partial charge is 0.351 e. The van der Waals surface area contributed by atoms with E-state index < -0.39 is 0 Å². The van der Waals surface area contributed by atoms with Gasteiger partial charge in [-0.05, 0) is 30.9 Å². The SMILES string of the molecule is O=C(NC[C@H]1CCCN(C(=O)Cn2cncn2)C1)c1cc2ccccc2[nH]1. The fourth-order valence-electron chi connectivity index (χ4n) is 3.54. The van der Waals surface area contributed by atoms with Crippen molar-refractivity contribution < 1.29 is 9.59 Å². The van der Waals surface area contributed by atoms with Gasteiger partial charge in [-0.15, -0.1) is 0 Å². The highest BCUT2D eigenvalue weighted by atomic mass is 16.2. The van der Waals surface area contributed by atoms with E-state index in [4.69, 9.17) is 0 Å². The van der Waals surface area contributed by atoms with Crippen LogP contribution in [0.2, 0.25) is 0 Å². The Morgan fingerprint density at radius 2 is 2.19 bits per heavy atom. The first kappa shape index (κ1) is 17.3. The Kier molecular flexibility index (Phi) is 4.86. The van der Waals surface area contributed by atoms with Crippen LogP contribution in [0, 0.1) is 5.92 Å². The van der Waals surface area contributed by atoms with E-state index >= 15 is 0 Å². The minimum Gasteiger partial charge on any atom is -0.351 e. The summed E-state index contributed by atoms with van der Waals surface area (Å²) < 4.78 is 1.53. The summed E-state index contributed by atoms with van der Waals surface area (Å²) >= 11 is 0. The average Bonchev–Trinajstić information content (AvgIpc) is 3.35. The first-order valence-corrected chi connectivity index (χ1v) is 9.15. The van der Waals surface area contributed by atoms with Crippen molar-refractivity contribution >= 4 is 22.7 Å². The van der Waals surface area contributed by atoms with E-state index in [-0.39, 0.29) is 24.3 Å². The van der Waals surface area contributed by atoms with Gasteiger partial charge in [-0.1, -0.05) is 18.2 Å². The number of aromatic nitrogens is 4. The number of hydrogen-bond donors (Lipinski definition) is 2. The maximum atomic E-state index is 12.4. The number of nitrogens with one attached hydrogen (secondary N) is 2. The summed E-state index contributed by atoms with van der Waals surface area (Å²) in [5.41, 5.74) is 1.51. The van der Waals surface area contributed by atoms with Crippen molar-refractivity contribution in [1.29, 1.82) is 0 Å². The average molecular weight is 366 g/mol. The molecule has 140 valence electrons. The van der Waals surface area contributed by atoms with Gasteiger partial charge in [0.15, 0.2) is 0 Å². The number of fused-ring (bicyclic) bond motifs is 1. The molecule has 0 bridgehead atoms. The molecule has 2 amide bonds. The number of benzene rings is 1. The van der Waals surface area contributed by atoms with Gasteiger partial charge in [0.1, 0.15) is 24.9 Å². The molecule has 2 N–H and O–H groups in total. The summed E-state index contributed by atoms with van der Waals surface area (Å²) in [6.45, 7) is 2.16. The van der Waals surface area contributed by atoms with Crippen LogP contribution in [0.15, 0.2) is 43.0 Å². The fraction of sp³-hybridized carbons (Fsp3) is 0.368. The quantitative estimate of drug-likeness (QED) is 0.714. The van der Waals surface area contributed by atoms with Crippen LogP contribution >= 0.6 is 0 Å². The molecule has 2 aromatic heterocycles. The van der Waals surface area contributed by atoms with Crippen LogP contribution in [0.1, 0.15) is 23.3 Å². The Labute approximate surface area is 156 Å². The predicted molar refractivity (Wildman–Crippen MR) is 100.0 cm³/mol. The first-order chi connectivity index (χ1) is 13.2. The van der Waals surface area contributed by atoms with Crippen molar-refractivity contribution in [3.63, 3.8) is 0 Å². The summed E-state index contributed by atoms with van der Waals surface area (Å²) in [7, 11) is 0. The molecular weight excluding hydrogens is 344 g/mol. The van der Waals surface area contributed by atoms with E-state index in [1.807, 2.05) is 35.2 Å². The van der Waals surface area contributed by atoms with Crippen LogP contribution in [0.25, 0.3) is 10.9 Å². The van der Waals surface area contributed by atoms with Crippen LogP contribution in [-0.2, 0) is 11.3 Å². The summed E-state index contributed by atoms with van der Waals surface area (Å²) in [4.78, 5) is 33.7. The Hall–Kier alpha value is -3.16. The highest BCUT2D eigenvalue weighted by molar-refractivity contribution is 5.97. The number of amides is 2. The van der Waals surface area contributed by atoms with Crippen molar-refractivity contribution in [2.45, 2.75) is 19.4 Å². The zero-order valence-electron chi connectivity index (χ0n) is 15.0. The third-order valence-corrected chi connectivity index (χ3v) is 4.96. The number of rotatable bonds is 5. The first-order valence-electron chi connectivity index (χ1n) is 9.15. The van der Waals surface area contributed by atoms with Gasteiger partial charge in [0.2, 0.25) is 5.91 Å². The van der Waals surface area contributed by atoms with Crippen molar-refractivity contribution in [1.82, 2.24) is 30.0 Å². The van der Waals surface area contributed by atoms with E-state index in [0.717, 1.165) is 30.3 Å². The molecule has 1 aliphatic rings. The summed E-state index contributed by atoms with van der Waals surface area (Å²) in [6.07, 6.45) is 4.90. The molecule has 0 unspecified atom stereocenters. The van der Waals surface area contributed by atoms with Gasteiger partial charge >= 0.3 is 0 Å². The Morgan fingerprint density at radius 1 is 1.30 bits per heavy atom. The lowest BCUT2D eigenvalue weighted by Gasteiger charge is -2.32. The normalized spacial score (nSPS) is 17.2. The molecule has 1 atom stereocenters. The lowest BCUT2D eigenvalue weighted by molar-refractivity contribution is -0.133. The Bertz CT molecular complexity index is 900. The Morgan fingerprint density at radius 3 is 3.00 bits per heavy atom. The van der Waals surface area contributed by atoms with Gasteiger partial charge in [0, 0.05) is 30.5 Å². The standard InChI is InChI=1S/C19H22N6O2/c26-18(11-25-13-20-12-22-25)24-7-3-4-14(10-24)9-21-19(27)17-8-15-5-1-2-6-16(15)23-17/h1-2,5-6,8,12-14,23H,3-4,7,9-11H2,(H,21,27)/t14-/m1/s1. The summed E-state index contributed by atoms with van der Waals surface area (Å²) in [5.74, 6) is 0.177. The molecule has 3 heterocycles. The van der Waals surface area contributed by atoms with Gasteiger partial charge in [0.25, 0.3) is 5.91 Å². The highest BCUT2D eigenvalue weighted by Gasteiger charge is 2.24. The second kappa shape index (κ2) is 7.61. The fourth-order valence-corrected chi connectivity index (χ4v) is 3.54. The minimum absolute atomic E-state index is 0.0344. The molecule has 1 fully saturated rings. The van der Waals surface area contributed by atoms with E-state index in [9.17, 15) is 9.59 Å². The lowest BCUT2D eigenvalue weighted by Crippen LogP contribution is -2.44. The zero-order valence-corrected chi connectivity index (χ0v) is 15.0. The van der Waals surface area contributed by atoms with Crippen LogP contribution < -0.4 is 5.32 Å². The minimum atomic E-state index is -0.114. The van der Waals surface area contributed by atoms with Crippen molar-refractivity contribution in [3.05, 3.63) is 48.7 Å². The molecule has 0 radical (unpaired) electrons. The molecule has 1 aromatic carbocycles. The number of likely N-dealkylation sites (tertiary alicyclic amines) is 1. The molecular formula is C19H22N6O2. The van der Waals surface area contributed by atoms with Gasteiger partial charge in [-0.25, -0.2) is 9.67 Å². The van der Waals surface area contributed by atoms with Crippen molar-refractivity contribution in [2.75, 3.05) is 19.6 Å². The maximum absolute atomic E-state index is 12.4. The number of aromatic amines is 1. The lowest BCUT2D eigenvalue weighted by atomic mass is 9.98. The monoisotopic (exact) mass is 366 g/mol. The zero-order chi connectivity index (χ0) is 18.6. The molecule has 0 spiro atoms. The molecule has 1 aliphatic heterocycles. The highest BCUT2D eigenvalue weighted by Crippen LogP contribution is 2.17. The Balaban J connectivity index is 1.31.